The van der Waals surface area contributed by atoms with Crippen LogP contribution >= 0.6 is 11.6 Å². The van der Waals surface area contributed by atoms with Gasteiger partial charge in [-0.2, -0.15) is 0 Å². The number of benzene rings is 2. The van der Waals surface area contributed by atoms with Gasteiger partial charge in [-0.3, -0.25) is 4.79 Å². The van der Waals surface area contributed by atoms with E-state index in [1.165, 1.54) is 5.56 Å². The fraction of sp³-hybridized carbons (Fsp3) is 0.381. The Bertz CT molecular complexity index is 712. The lowest BCUT2D eigenvalue weighted by Crippen LogP contribution is -2.47. The minimum absolute atomic E-state index is 0.0881. The molecule has 0 radical (unpaired) electrons. The number of amides is 1. The number of halogens is 1. The largest absolute Gasteiger partial charge is 0.481 e. The van der Waals surface area contributed by atoms with Gasteiger partial charge >= 0.3 is 0 Å². The van der Waals surface area contributed by atoms with Crippen molar-refractivity contribution in [1.82, 2.24) is 5.32 Å². The van der Waals surface area contributed by atoms with Crippen LogP contribution in [0.1, 0.15) is 25.3 Å². The third-order valence-electron chi connectivity index (χ3n) is 4.93. The first-order chi connectivity index (χ1) is 12.6. The number of nitrogens with one attached hydrogen (secondary N) is 1. The molecule has 0 aliphatic carbocycles. The maximum atomic E-state index is 12.5. The topological polar surface area (TPSA) is 47.6 Å². The van der Waals surface area contributed by atoms with Gasteiger partial charge in [-0.25, -0.2) is 0 Å². The zero-order valence-corrected chi connectivity index (χ0v) is 15.7. The van der Waals surface area contributed by atoms with Gasteiger partial charge in [0.25, 0.3) is 5.91 Å². The molecule has 0 spiro atoms. The van der Waals surface area contributed by atoms with Crippen LogP contribution < -0.4 is 10.1 Å². The standard InChI is InChI=1S/C21H24ClNO3/c1-16(26-19-9-7-18(22)8-10-19)20(24)23-15-21(11-13-25-14-12-21)17-5-3-2-4-6-17/h2-10,16H,11-15H2,1H3,(H,23,24). The highest BCUT2D eigenvalue weighted by Gasteiger charge is 2.35. The zero-order chi connectivity index (χ0) is 18.4. The van der Waals surface area contributed by atoms with Gasteiger partial charge in [-0.1, -0.05) is 41.9 Å². The molecule has 26 heavy (non-hydrogen) atoms. The molecule has 5 heteroatoms. The first-order valence-corrected chi connectivity index (χ1v) is 9.30. The molecule has 1 unspecified atom stereocenters. The number of ether oxygens (including phenoxy) is 2. The van der Waals surface area contributed by atoms with E-state index >= 15 is 0 Å². The van der Waals surface area contributed by atoms with Gasteiger partial charge in [0.05, 0.1) is 0 Å². The Kier molecular flexibility index (Phi) is 6.17. The van der Waals surface area contributed by atoms with E-state index in [9.17, 15) is 4.79 Å². The molecule has 138 valence electrons. The molecular formula is C21H24ClNO3. The van der Waals surface area contributed by atoms with Crippen molar-refractivity contribution < 1.29 is 14.3 Å². The van der Waals surface area contributed by atoms with Crippen molar-refractivity contribution in [2.24, 2.45) is 0 Å². The molecule has 0 saturated carbocycles. The summed E-state index contributed by atoms with van der Waals surface area (Å²) < 4.78 is 11.3. The molecule has 0 aromatic heterocycles. The number of carbonyl (C=O) groups is 1. The summed E-state index contributed by atoms with van der Waals surface area (Å²) in [5.74, 6) is 0.502. The van der Waals surface area contributed by atoms with Crippen molar-refractivity contribution >= 4 is 17.5 Å². The molecule has 1 fully saturated rings. The van der Waals surface area contributed by atoms with Crippen LogP contribution in [0.2, 0.25) is 5.02 Å². The molecule has 4 nitrogen and oxygen atoms in total. The highest BCUT2D eigenvalue weighted by molar-refractivity contribution is 6.30. The van der Waals surface area contributed by atoms with Gasteiger partial charge in [0.15, 0.2) is 6.10 Å². The van der Waals surface area contributed by atoms with Crippen LogP contribution in [-0.2, 0) is 14.9 Å². The maximum absolute atomic E-state index is 12.5. The smallest absolute Gasteiger partial charge is 0.260 e. The average molecular weight is 374 g/mol. The number of rotatable bonds is 6. The lowest BCUT2D eigenvalue weighted by atomic mass is 9.74. The van der Waals surface area contributed by atoms with Gasteiger partial charge < -0.3 is 14.8 Å². The van der Waals surface area contributed by atoms with Crippen LogP contribution in [0, 0.1) is 0 Å². The summed E-state index contributed by atoms with van der Waals surface area (Å²) in [4.78, 5) is 12.5. The molecule has 3 rings (SSSR count). The van der Waals surface area contributed by atoms with Gasteiger partial charge in [0.1, 0.15) is 5.75 Å². The van der Waals surface area contributed by atoms with Crippen molar-refractivity contribution in [3.05, 3.63) is 65.2 Å². The van der Waals surface area contributed by atoms with Gasteiger partial charge in [0, 0.05) is 30.2 Å². The van der Waals surface area contributed by atoms with Crippen molar-refractivity contribution in [2.45, 2.75) is 31.3 Å². The van der Waals surface area contributed by atoms with E-state index < -0.39 is 6.10 Å². The minimum atomic E-state index is -0.580. The lowest BCUT2D eigenvalue weighted by molar-refractivity contribution is -0.127. The van der Waals surface area contributed by atoms with E-state index in [1.54, 1.807) is 31.2 Å². The van der Waals surface area contributed by atoms with E-state index in [1.807, 2.05) is 18.2 Å². The monoisotopic (exact) mass is 373 g/mol. The second-order valence-electron chi connectivity index (χ2n) is 6.69. The molecule has 1 N–H and O–H groups in total. The van der Waals surface area contributed by atoms with E-state index in [4.69, 9.17) is 21.1 Å². The summed E-state index contributed by atoms with van der Waals surface area (Å²) in [5, 5.41) is 3.72. The molecule has 1 atom stereocenters. The molecule has 1 aliphatic rings. The van der Waals surface area contributed by atoms with Crippen LogP contribution in [0.5, 0.6) is 5.75 Å². The van der Waals surface area contributed by atoms with E-state index in [2.05, 4.69) is 17.4 Å². The van der Waals surface area contributed by atoms with Crippen LogP contribution in [0.15, 0.2) is 54.6 Å². The van der Waals surface area contributed by atoms with Crippen molar-refractivity contribution in [1.29, 1.82) is 0 Å². The predicted molar refractivity (Wildman–Crippen MR) is 103 cm³/mol. The summed E-state index contributed by atoms with van der Waals surface area (Å²) in [6.07, 6.45) is 1.21. The first kappa shape index (κ1) is 18.7. The Labute approximate surface area is 159 Å². The maximum Gasteiger partial charge on any atom is 0.260 e. The third kappa shape index (κ3) is 4.57. The first-order valence-electron chi connectivity index (χ1n) is 8.92. The Morgan fingerprint density at radius 2 is 1.81 bits per heavy atom. The molecule has 1 amide bonds. The number of carbonyl (C=O) groups excluding carboxylic acids is 1. The summed E-state index contributed by atoms with van der Waals surface area (Å²) in [7, 11) is 0. The summed E-state index contributed by atoms with van der Waals surface area (Å²) in [6, 6.07) is 17.4. The SMILES string of the molecule is CC(Oc1ccc(Cl)cc1)C(=O)NCC1(c2ccccc2)CCOCC1. The highest BCUT2D eigenvalue weighted by Crippen LogP contribution is 2.34. The van der Waals surface area contributed by atoms with Crippen LogP contribution in [0.4, 0.5) is 0 Å². The minimum Gasteiger partial charge on any atom is -0.481 e. The van der Waals surface area contributed by atoms with Crippen LogP contribution in [0.3, 0.4) is 0 Å². The zero-order valence-electron chi connectivity index (χ0n) is 14.9. The van der Waals surface area contributed by atoms with Crippen molar-refractivity contribution in [3.63, 3.8) is 0 Å². The summed E-state index contributed by atoms with van der Waals surface area (Å²) in [5.41, 5.74) is 1.16. The van der Waals surface area contributed by atoms with Crippen LogP contribution in [-0.4, -0.2) is 31.8 Å². The Balaban J connectivity index is 1.63. The van der Waals surface area contributed by atoms with Gasteiger partial charge in [-0.05, 0) is 49.6 Å². The Morgan fingerprint density at radius 1 is 1.15 bits per heavy atom. The molecule has 1 heterocycles. The fourth-order valence-corrected chi connectivity index (χ4v) is 3.42. The van der Waals surface area contributed by atoms with E-state index in [0.717, 1.165) is 12.8 Å². The number of hydrogen-bond donors (Lipinski definition) is 1. The molecular weight excluding hydrogens is 350 g/mol. The van der Waals surface area contributed by atoms with E-state index in [-0.39, 0.29) is 11.3 Å². The Morgan fingerprint density at radius 3 is 2.46 bits per heavy atom. The van der Waals surface area contributed by atoms with Gasteiger partial charge in [-0.15, -0.1) is 0 Å². The van der Waals surface area contributed by atoms with Crippen molar-refractivity contribution in [2.75, 3.05) is 19.8 Å². The third-order valence-corrected chi connectivity index (χ3v) is 5.18. The molecule has 1 aliphatic heterocycles. The quantitative estimate of drug-likeness (QED) is 0.833. The average Bonchev–Trinajstić information content (AvgIpc) is 2.69. The second-order valence-corrected chi connectivity index (χ2v) is 7.13. The highest BCUT2D eigenvalue weighted by atomic mass is 35.5. The lowest BCUT2D eigenvalue weighted by Gasteiger charge is -2.38. The summed E-state index contributed by atoms with van der Waals surface area (Å²) in [6.45, 7) is 3.75. The van der Waals surface area contributed by atoms with Crippen LogP contribution in [0.25, 0.3) is 0 Å². The molecule has 2 aromatic rings. The molecule has 1 saturated heterocycles. The second kappa shape index (κ2) is 8.56. The summed E-state index contributed by atoms with van der Waals surface area (Å²) >= 11 is 5.88. The normalized spacial score (nSPS) is 17.3. The molecule has 2 aromatic carbocycles. The van der Waals surface area contributed by atoms with Crippen molar-refractivity contribution in [3.8, 4) is 5.75 Å². The molecule has 0 bridgehead atoms. The predicted octanol–water partition coefficient (Wildman–Crippen LogP) is 3.97. The fourth-order valence-electron chi connectivity index (χ4n) is 3.29. The number of hydrogen-bond acceptors (Lipinski definition) is 3. The van der Waals surface area contributed by atoms with Gasteiger partial charge in [0.2, 0.25) is 0 Å². The van der Waals surface area contributed by atoms with E-state index in [0.29, 0.717) is 30.5 Å². The Hall–Kier alpha value is -2.04.